The number of nitrogens with one attached hydrogen (secondary N) is 1. The third-order valence-corrected chi connectivity index (χ3v) is 2.89. The van der Waals surface area contributed by atoms with Crippen molar-refractivity contribution in [3.8, 4) is 0 Å². The lowest BCUT2D eigenvalue weighted by Crippen LogP contribution is -2.15. The van der Waals surface area contributed by atoms with Crippen LogP contribution in [0.4, 0.5) is 0 Å². The van der Waals surface area contributed by atoms with Crippen molar-refractivity contribution in [2.24, 2.45) is 0 Å². The van der Waals surface area contributed by atoms with E-state index in [0.717, 1.165) is 11.3 Å². The van der Waals surface area contributed by atoms with Crippen LogP contribution in [0, 0.1) is 20.8 Å². The first kappa shape index (κ1) is 11.6. The first-order valence-corrected chi connectivity index (χ1v) is 5.67. The summed E-state index contributed by atoms with van der Waals surface area (Å²) in [6.07, 6.45) is 0.658. The van der Waals surface area contributed by atoms with E-state index in [1.54, 1.807) is 0 Å². The van der Waals surface area contributed by atoms with Gasteiger partial charge in [0.25, 0.3) is 5.56 Å². The number of aryl methyl sites for hydroxylation is 3. The van der Waals surface area contributed by atoms with Crippen LogP contribution in [-0.2, 0) is 6.42 Å². The first-order valence-electron chi connectivity index (χ1n) is 5.67. The second-order valence-corrected chi connectivity index (χ2v) is 4.47. The Labute approximate surface area is 101 Å². The molecule has 88 valence electrons. The van der Waals surface area contributed by atoms with Crippen LogP contribution in [0.3, 0.4) is 0 Å². The molecule has 0 aliphatic heterocycles. The summed E-state index contributed by atoms with van der Waals surface area (Å²) in [7, 11) is 0. The van der Waals surface area contributed by atoms with Crippen LogP contribution in [-0.4, -0.2) is 10.2 Å². The van der Waals surface area contributed by atoms with Crippen LogP contribution in [0.5, 0.6) is 0 Å². The zero-order valence-electron chi connectivity index (χ0n) is 10.4. The summed E-state index contributed by atoms with van der Waals surface area (Å²) in [5, 5.41) is 6.39. The van der Waals surface area contributed by atoms with Gasteiger partial charge in [-0.05, 0) is 38.0 Å². The molecule has 0 spiro atoms. The quantitative estimate of drug-likeness (QED) is 0.857. The third kappa shape index (κ3) is 2.61. The van der Waals surface area contributed by atoms with E-state index < -0.39 is 0 Å². The van der Waals surface area contributed by atoms with Gasteiger partial charge in [0, 0.05) is 12.0 Å². The second-order valence-electron chi connectivity index (χ2n) is 4.47. The van der Waals surface area contributed by atoms with E-state index in [-0.39, 0.29) is 5.56 Å². The fourth-order valence-electron chi connectivity index (χ4n) is 1.94. The van der Waals surface area contributed by atoms with Crippen molar-refractivity contribution >= 4 is 0 Å². The molecule has 1 heterocycles. The Kier molecular flexibility index (Phi) is 3.09. The minimum atomic E-state index is -0.101. The summed E-state index contributed by atoms with van der Waals surface area (Å²) in [6, 6.07) is 8.14. The SMILES string of the molecule is Cc1ccc(Cc2cc(C)n[nH]c2=O)c(C)c1. The van der Waals surface area contributed by atoms with Gasteiger partial charge in [-0.2, -0.15) is 5.10 Å². The highest BCUT2D eigenvalue weighted by atomic mass is 16.1. The van der Waals surface area contributed by atoms with Gasteiger partial charge < -0.3 is 0 Å². The molecule has 0 amide bonds. The Hall–Kier alpha value is -1.90. The molecule has 2 aromatic rings. The molecule has 3 nitrogen and oxygen atoms in total. The highest BCUT2D eigenvalue weighted by Crippen LogP contribution is 2.13. The van der Waals surface area contributed by atoms with Gasteiger partial charge in [0.2, 0.25) is 0 Å². The van der Waals surface area contributed by atoms with Gasteiger partial charge in [-0.3, -0.25) is 4.79 Å². The number of aromatic amines is 1. The number of H-pyrrole nitrogens is 1. The predicted octanol–water partition coefficient (Wildman–Crippen LogP) is 2.29. The van der Waals surface area contributed by atoms with Crippen LogP contribution < -0.4 is 5.56 Å². The summed E-state index contributed by atoms with van der Waals surface area (Å²) in [6.45, 7) is 6.02. The summed E-state index contributed by atoms with van der Waals surface area (Å²) in [5.41, 5.74) is 5.15. The van der Waals surface area contributed by atoms with Crippen molar-refractivity contribution in [2.45, 2.75) is 27.2 Å². The standard InChI is InChI=1S/C14H16N2O/c1-9-4-5-12(10(2)6-9)8-13-7-11(3)15-16-14(13)17/h4-7H,8H2,1-3H3,(H,16,17). The maximum absolute atomic E-state index is 11.6. The van der Waals surface area contributed by atoms with E-state index in [2.05, 4.69) is 42.2 Å². The number of nitrogens with zero attached hydrogens (tertiary/aromatic N) is 1. The molecular weight excluding hydrogens is 212 g/mol. The van der Waals surface area contributed by atoms with Crippen molar-refractivity contribution in [3.05, 3.63) is 62.6 Å². The number of rotatable bonds is 2. The molecule has 17 heavy (non-hydrogen) atoms. The lowest BCUT2D eigenvalue weighted by molar-refractivity contribution is 0.911. The van der Waals surface area contributed by atoms with Gasteiger partial charge in [0.1, 0.15) is 0 Å². The summed E-state index contributed by atoms with van der Waals surface area (Å²) in [5.74, 6) is 0. The fourth-order valence-corrected chi connectivity index (χ4v) is 1.94. The Bertz CT molecular complexity index is 599. The Morgan fingerprint density at radius 2 is 1.88 bits per heavy atom. The van der Waals surface area contributed by atoms with E-state index in [4.69, 9.17) is 0 Å². The molecule has 3 heteroatoms. The van der Waals surface area contributed by atoms with E-state index in [1.165, 1.54) is 16.7 Å². The molecule has 1 aromatic carbocycles. The maximum Gasteiger partial charge on any atom is 0.267 e. The molecule has 0 aliphatic rings. The van der Waals surface area contributed by atoms with E-state index in [1.807, 2.05) is 13.0 Å². The molecule has 0 bridgehead atoms. The van der Waals surface area contributed by atoms with Crippen molar-refractivity contribution in [2.75, 3.05) is 0 Å². The highest BCUT2D eigenvalue weighted by Gasteiger charge is 2.05. The minimum absolute atomic E-state index is 0.101. The van der Waals surface area contributed by atoms with Crippen LogP contribution in [0.1, 0.15) is 27.9 Å². The van der Waals surface area contributed by atoms with Gasteiger partial charge in [0.05, 0.1) is 5.69 Å². The lowest BCUT2D eigenvalue weighted by atomic mass is 10.00. The van der Waals surface area contributed by atoms with Crippen LogP contribution in [0.15, 0.2) is 29.1 Å². The number of hydrogen-bond donors (Lipinski definition) is 1. The summed E-state index contributed by atoms with van der Waals surface area (Å²) >= 11 is 0. The van der Waals surface area contributed by atoms with E-state index in [9.17, 15) is 4.79 Å². The Morgan fingerprint density at radius 1 is 1.12 bits per heavy atom. The molecule has 2 rings (SSSR count). The Morgan fingerprint density at radius 3 is 2.59 bits per heavy atom. The van der Waals surface area contributed by atoms with E-state index in [0.29, 0.717) is 6.42 Å². The average Bonchev–Trinajstić information content (AvgIpc) is 2.27. The monoisotopic (exact) mass is 228 g/mol. The summed E-state index contributed by atoms with van der Waals surface area (Å²) < 4.78 is 0. The molecule has 1 aromatic heterocycles. The predicted molar refractivity (Wildman–Crippen MR) is 68.3 cm³/mol. The van der Waals surface area contributed by atoms with Crippen molar-refractivity contribution in [3.63, 3.8) is 0 Å². The van der Waals surface area contributed by atoms with Crippen LogP contribution in [0.2, 0.25) is 0 Å². The van der Waals surface area contributed by atoms with Crippen LogP contribution >= 0.6 is 0 Å². The lowest BCUT2D eigenvalue weighted by Gasteiger charge is -2.06. The number of aromatic nitrogens is 2. The molecular formula is C14H16N2O. The fraction of sp³-hybridized carbons (Fsp3) is 0.286. The third-order valence-electron chi connectivity index (χ3n) is 2.89. The topological polar surface area (TPSA) is 45.8 Å². The molecule has 0 unspecified atom stereocenters. The van der Waals surface area contributed by atoms with Gasteiger partial charge >= 0.3 is 0 Å². The normalized spacial score (nSPS) is 10.5. The minimum Gasteiger partial charge on any atom is -0.268 e. The highest BCUT2D eigenvalue weighted by molar-refractivity contribution is 5.34. The van der Waals surface area contributed by atoms with Crippen molar-refractivity contribution < 1.29 is 0 Å². The molecule has 0 saturated heterocycles. The zero-order valence-corrected chi connectivity index (χ0v) is 10.4. The van der Waals surface area contributed by atoms with Crippen LogP contribution in [0.25, 0.3) is 0 Å². The van der Waals surface area contributed by atoms with Gasteiger partial charge in [-0.15, -0.1) is 0 Å². The van der Waals surface area contributed by atoms with Gasteiger partial charge in [-0.1, -0.05) is 23.8 Å². The van der Waals surface area contributed by atoms with Crippen molar-refractivity contribution in [1.82, 2.24) is 10.2 Å². The first-order chi connectivity index (χ1) is 8.06. The zero-order chi connectivity index (χ0) is 12.4. The molecule has 0 radical (unpaired) electrons. The second kappa shape index (κ2) is 4.53. The van der Waals surface area contributed by atoms with Gasteiger partial charge in [0.15, 0.2) is 0 Å². The molecule has 0 atom stereocenters. The largest absolute Gasteiger partial charge is 0.268 e. The molecule has 0 fully saturated rings. The average molecular weight is 228 g/mol. The number of hydrogen-bond acceptors (Lipinski definition) is 2. The van der Waals surface area contributed by atoms with Gasteiger partial charge in [-0.25, -0.2) is 5.10 Å². The smallest absolute Gasteiger partial charge is 0.267 e. The molecule has 0 saturated carbocycles. The molecule has 1 N–H and O–H groups in total. The van der Waals surface area contributed by atoms with E-state index >= 15 is 0 Å². The number of benzene rings is 1. The summed E-state index contributed by atoms with van der Waals surface area (Å²) in [4.78, 5) is 11.6. The van der Waals surface area contributed by atoms with Crippen molar-refractivity contribution in [1.29, 1.82) is 0 Å². The Balaban J connectivity index is 2.38. The maximum atomic E-state index is 11.6. The molecule has 0 aliphatic carbocycles.